The van der Waals surface area contributed by atoms with Crippen molar-refractivity contribution in [3.63, 3.8) is 0 Å². The molecule has 0 bridgehead atoms. The van der Waals surface area contributed by atoms with E-state index < -0.39 is 5.31 Å². The van der Waals surface area contributed by atoms with Gasteiger partial charge in [0.15, 0.2) is 0 Å². The Hall–Kier alpha value is -1.56. The average Bonchev–Trinajstić information content (AvgIpc) is 2.57. The van der Waals surface area contributed by atoms with Crippen molar-refractivity contribution >= 4 is 36.7 Å². The minimum atomic E-state index is -2.81. The topological polar surface area (TPSA) is 0 Å². The molecule has 104 valence electrons. The van der Waals surface area contributed by atoms with Gasteiger partial charge < -0.3 is 0 Å². The molecule has 0 aliphatic carbocycles. The van der Waals surface area contributed by atoms with E-state index in [0.29, 0.717) is 0 Å². The Bertz CT molecular complexity index is 618. The zero-order valence-corrected chi connectivity index (χ0v) is 14.2. The SMILES string of the molecule is [CH2+]P(Br)(c1ccccc1)(c1ccccc1)c1ccccc1. The monoisotopic (exact) mass is 355 g/mol. The van der Waals surface area contributed by atoms with Gasteiger partial charge in [0.05, 0.1) is 0 Å². The van der Waals surface area contributed by atoms with Crippen LogP contribution in [-0.4, -0.2) is 0 Å². The van der Waals surface area contributed by atoms with Gasteiger partial charge in [0.1, 0.15) is 0 Å². The van der Waals surface area contributed by atoms with Gasteiger partial charge in [-0.2, -0.15) is 0 Å². The molecule has 0 aliphatic rings. The fourth-order valence-electron chi connectivity index (χ4n) is 2.66. The van der Waals surface area contributed by atoms with Crippen molar-refractivity contribution in [2.45, 2.75) is 0 Å². The first-order valence-electron chi connectivity index (χ1n) is 6.89. The molecule has 0 spiro atoms. The van der Waals surface area contributed by atoms with Crippen LogP contribution in [0.15, 0.2) is 91.0 Å². The molecule has 0 amide bonds. The molecule has 0 heterocycles. The quantitative estimate of drug-likeness (QED) is 0.475. The zero-order valence-electron chi connectivity index (χ0n) is 11.7. The molecule has 0 aliphatic heterocycles. The molecule has 3 aromatic carbocycles. The van der Waals surface area contributed by atoms with Crippen molar-refractivity contribution in [1.82, 2.24) is 0 Å². The van der Waals surface area contributed by atoms with Crippen LogP contribution in [-0.2, 0) is 0 Å². The van der Waals surface area contributed by atoms with Gasteiger partial charge in [-0.05, 0) is 0 Å². The average molecular weight is 356 g/mol. The third kappa shape index (κ3) is 2.31. The Balaban J connectivity index is 2.36. The maximum atomic E-state index is 4.76. The van der Waals surface area contributed by atoms with Crippen molar-refractivity contribution in [1.29, 1.82) is 0 Å². The summed E-state index contributed by atoms with van der Waals surface area (Å²) in [7, 11) is 0. The van der Waals surface area contributed by atoms with Gasteiger partial charge in [-0.25, -0.2) is 0 Å². The summed E-state index contributed by atoms with van der Waals surface area (Å²) >= 11 is 4.13. The Labute approximate surface area is 134 Å². The molecule has 0 fully saturated rings. The van der Waals surface area contributed by atoms with Crippen molar-refractivity contribution in [2.24, 2.45) is 0 Å². The van der Waals surface area contributed by atoms with E-state index in [1.54, 1.807) is 0 Å². The molecular weight excluding hydrogens is 339 g/mol. The van der Waals surface area contributed by atoms with Crippen LogP contribution >= 0.6 is 20.8 Å². The van der Waals surface area contributed by atoms with Crippen LogP contribution in [0.25, 0.3) is 0 Å². The third-order valence-corrected chi connectivity index (χ3v) is 11.7. The summed E-state index contributed by atoms with van der Waals surface area (Å²) in [6.45, 7) is 4.76. The summed E-state index contributed by atoms with van der Waals surface area (Å²) in [5.41, 5.74) is 0. The second-order valence-corrected chi connectivity index (χ2v) is 13.8. The van der Waals surface area contributed by atoms with Crippen molar-refractivity contribution in [3.05, 3.63) is 97.7 Å². The normalized spacial score (nSPS) is 13.3. The van der Waals surface area contributed by atoms with Crippen LogP contribution in [0.2, 0.25) is 0 Å². The first kappa shape index (κ1) is 14.4. The molecule has 0 radical (unpaired) electrons. The summed E-state index contributed by atoms with van der Waals surface area (Å²) in [4.78, 5) is 0. The molecule has 0 saturated heterocycles. The molecule has 0 aromatic heterocycles. The summed E-state index contributed by atoms with van der Waals surface area (Å²) in [5, 5.41) is 0.899. The molecule has 3 rings (SSSR count). The molecule has 0 unspecified atom stereocenters. The predicted molar refractivity (Wildman–Crippen MR) is 99.4 cm³/mol. The van der Waals surface area contributed by atoms with E-state index in [2.05, 4.69) is 88.3 Å². The van der Waals surface area contributed by atoms with Gasteiger partial charge in [0.2, 0.25) is 0 Å². The van der Waals surface area contributed by atoms with E-state index in [0.717, 1.165) is 0 Å². The molecule has 21 heavy (non-hydrogen) atoms. The van der Waals surface area contributed by atoms with Crippen LogP contribution in [0.4, 0.5) is 0 Å². The van der Waals surface area contributed by atoms with Crippen LogP contribution in [0.3, 0.4) is 0 Å². The van der Waals surface area contributed by atoms with Gasteiger partial charge in [-0.1, -0.05) is 0 Å². The van der Waals surface area contributed by atoms with Gasteiger partial charge >= 0.3 is 134 Å². The number of benzene rings is 3. The number of hydrogen-bond acceptors (Lipinski definition) is 0. The van der Waals surface area contributed by atoms with E-state index >= 15 is 0 Å². The van der Waals surface area contributed by atoms with Crippen LogP contribution in [0.1, 0.15) is 0 Å². The molecular formula is C19H17BrP+. The first-order valence-corrected chi connectivity index (χ1v) is 11.3. The van der Waals surface area contributed by atoms with E-state index in [1.807, 2.05) is 18.2 Å². The van der Waals surface area contributed by atoms with Crippen molar-refractivity contribution in [2.75, 3.05) is 0 Å². The van der Waals surface area contributed by atoms with E-state index in [4.69, 9.17) is 6.66 Å². The van der Waals surface area contributed by atoms with Gasteiger partial charge in [-0.3, -0.25) is 0 Å². The fraction of sp³-hybridized carbons (Fsp3) is 0. The van der Waals surface area contributed by atoms with E-state index in [-0.39, 0.29) is 0 Å². The summed E-state index contributed by atoms with van der Waals surface area (Å²) in [6.07, 6.45) is 0. The summed E-state index contributed by atoms with van der Waals surface area (Å²) < 4.78 is 0. The molecule has 2 heteroatoms. The zero-order chi connectivity index (χ0) is 14.8. The summed E-state index contributed by atoms with van der Waals surface area (Å²) in [6, 6.07) is 31.6. The van der Waals surface area contributed by atoms with E-state index in [9.17, 15) is 0 Å². The summed E-state index contributed by atoms with van der Waals surface area (Å²) in [5.74, 6) is 0. The second kappa shape index (κ2) is 5.33. The van der Waals surface area contributed by atoms with Gasteiger partial charge in [-0.15, -0.1) is 0 Å². The standard InChI is InChI=1S/C19H17BrP/c1-21(20,17-11-5-2-6-12-17,18-13-7-3-8-14-18)19-15-9-4-10-16-19/h2-16H,1H2/q+1. The van der Waals surface area contributed by atoms with Gasteiger partial charge in [0.25, 0.3) is 0 Å². The molecule has 0 atom stereocenters. The van der Waals surface area contributed by atoms with Crippen LogP contribution in [0.5, 0.6) is 0 Å². The molecule has 0 saturated carbocycles. The maximum absolute atomic E-state index is 4.76. The minimum absolute atomic E-state index is 1.24. The fourth-order valence-corrected chi connectivity index (χ4v) is 8.07. The van der Waals surface area contributed by atoms with Crippen LogP contribution in [0, 0.1) is 6.66 Å². The Morgan fingerprint density at radius 3 is 1.00 bits per heavy atom. The Kier molecular flexibility index (Phi) is 3.65. The third-order valence-electron chi connectivity index (χ3n) is 3.88. The molecule has 0 N–H and O–H groups in total. The number of rotatable bonds is 3. The molecule has 3 aromatic rings. The second-order valence-electron chi connectivity index (χ2n) is 5.19. The number of hydrogen-bond donors (Lipinski definition) is 0. The van der Waals surface area contributed by atoms with Gasteiger partial charge in [0, 0.05) is 0 Å². The van der Waals surface area contributed by atoms with Crippen molar-refractivity contribution < 1.29 is 0 Å². The predicted octanol–water partition coefficient (Wildman–Crippen LogP) is 4.62. The Morgan fingerprint density at radius 1 is 0.524 bits per heavy atom. The Morgan fingerprint density at radius 2 is 0.762 bits per heavy atom. The number of halogens is 1. The van der Waals surface area contributed by atoms with E-state index in [1.165, 1.54) is 15.9 Å². The first-order chi connectivity index (χ1) is 10.1. The molecule has 0 nitrogen and oxygen atoms in total. The van der Waals surface area contributed by atoms with Crippen LogP contribution < -0.4 is 15.9 Å². The van der Waals surface area contributed by atoms with Crippen molar-refractivity contribution in [3.8, 4) is 0 Å².